The monoisotopic (exact) mass is 322 g/mol. The molecule has 0 aliphatic heterocycles. The SMILES string of the molecule is C#CCn1c2c(c(-c3ccccc3)c(C#N)c1=O)-c1ccccc1C2. The van der Waals surface area contributed by atoms with E-state index in [0.717, 1.165) is 27.9 Å². The van der Waals surface area contributed by atoms with Gasteiger partial charge in [-0.2, -0.15) is 5.26 Å². The van der Waals surface area contributed by atoms with E-state index in [1.807, 2.05) is 48.5 Å². The zero-order valence-corrected chi connectivity index (χ0v) is 13.5. The molecule has 0 fully saturated rings. The summed E-state index contributed by atoms with van der Waals surface area (Å²) in [6.45, 7) is 0.166. The number of fused-ring (bicyclic) bond motifs is 3. The number of nitriles is 1. The van der Waals surface area contributed by atoms with Crippen molar-refractivity contribution in [2.45, 2.75) is 13.0 Å². The minimum Gasteiger partial charge on any atom is -0.299 e. The van der Waals surface area contributed by atoms with Crippen LogP contribution in [0.3, 0.4) is 0 Å². The van der Waals surface area contributed by atoms with Crippen molar-refractivity contribution in [3.05, 3.63) is 81.8 Å². The van der Waals surface area contributed by atoms with Gasteiger partial charge in [0.1, 0.15) is 11.6 Å². The molecule has 0 N–H and O–H groups in total. The van der Waals surface area contributed by atoms with E-state index < -0.39 is 0 Å². The van der Waals surface area contributed by atoms with Crippen molar-refractivity contribution in [2.75, 3.05) is 0 Å². The third kappa shape index (κ3) is 2.18. The first kappa shape index (κ1) is 15.0. The molecule has 0 radical (unpaired) electrons. The molecule has 1 aromatic heterocycles. The van der Waals surface area contributed by atoms with Crippen LogP contribution in [0, 0.1) is 23.7 Å². The first-order valence-electron chi connectivity index (χ1n) is 8.03. The Balaban J connectivity index is 2.19. The van der Waals surface area contributed by atoms with Crippen molar-refractivity contribution >= 4 is 0 Å². The lowest BCUT2D eigenvalue weighted by molar-refractivity contribution is 0.750. The van der Waals surface area contributed by atoms with E-state index in [9.17, 15) is 10.1 Å². The third-order valence-electron chi connectivity index (χ3n) is 4.64. The van der Waals surface area contributed by atoms with Crippen molar-refractivity contribution in [1.29, 1.82) is 5.26 Å². The average Bonchev–Trinajstić information content (AvgIpc) is 3.03. The molecule has 1 aliphatic rings. The lowest BCUT2D eigenvalue weighted by Crippen LogP contribution is -2.26. The van der Waals surface area contributed by atoms with Crippen molar-refractivity contribution in [3.8, 4) is 40.7 Å². The molecular weight excluding hydrogens is 308 g/mol. The molecule has 0 atom stereocenters. The van der Waals surface area contributed by atoms with Gasteiger partial charge in [0, 0.05) is 23.2 Å². The maximum atomic E-state index is 12.9. The highest BCUT2D eigenvalue weighted by Crippen LogP contribution is 2.43. The van der Waals surface area contributed by atoms with Gasteiger partial charge in [-0.05, 0) is 16.7 Å². The summed E-state index contributed by atoms with van der Waals surface area (Å²) in [6.07, 6.45) is 6.12. The van der Waals surface area contributed by atoms with Gasteiger partial charge in [0.2, 0.25) is 0 Å². The van der Waals surface area contributed by atoms with E-state index in [-0.39, 0.29) is 17.7 Å². The number of benzene rings is 2. The number of aromatic nitrogens is 1. The summed E-state index contributed by atoms with van der Waals surface area (Å²) in [7, 11) is 0. The maximum Gasteiger partial charge on any atom is 0.270 e. The molecule has 4 rings (SSSR count). The number of hydrogen-bond donors (Lipinski definition) is 0. The minimum atomic E-state index is -0.314. The molecule has 3 heteroatoms. The molecule has 118 valence electrons. The number of hydrogen-bond acceptors (Lipinski definition) is 2. The first-order valence-corrected chi connectivity index (χ1v) is 8.03. The molecule has 0 spiro atoms. The molecule has 0 unspecified atom stereocenters. The van der Waals surface area contributed by atoms with E-state index in [0.29, 0.717) is 12.0 Å². The Morgan fingerprint density at radius 2 is 1.76 bits per heavy atom. The van der Waals surface area contributed by atoms with Crippen LogP contribution in [0.1, 0.15) is 16.8 Å². The Labute approximate surface area is 145 Å². The predicted molar refractivity (Wildman–Crippen MR) is 97.9 cm³/mol. The average molecular weight is 322 g/mol. The molecule has 0 saturated heterocycles. The lowest BCUT2D eigenvalue weighted by Gasteiger charge is -2.16. The highest BCUT2D eigenvalue weighted by atomic mass is 16.1. The zero-order chi connectivity index (χ0) is 17.4. The van der Waals surface area contributed by atoms with Gasteiger partial charge < -0.3 is 0 Å². The molecule has 0 bridgehead atoms. The van der Waals surface area contributed by atoms with E-state index in [4.69, 9.17) is 6.42 Å². The Hall–Kier alpha value is -3.56. The summed E-state index contributed by atoms with van der Waals surface area (Å²) in [5, 5.41) is 9.72. The number of terminal acetylenes is 1. The van der Waals surface area contributed by atoms with Crippen LogP contribution in [0.25, 0.3) is 22.3 Å². The Bertz CT molecular complexity index is 1130. The van der Waals surface area contributed by atoms with Crippen molar-refractivity contribution in [2.24, 2.45) is 0 Å². The van der Waals surface area contributed by atoms with Crippen LogP contribution >= 0.6 is 0 Å². The molecule has 25 heavy (non-hydrogen) atoms. The highest BCUT2D eigenvalue weighted by Gasteiger charge is 2.29. The van der Waals surface area contributed by atoms with Gasteiger partial charge in [-0.3, -0.25) is 9.36 Å². The molecular formula is C22H14N2O. The van der Waals surface area contributed by atoms with Gasteiger partial charge in [0.15, 0.2) is 0 Å². The molecule has 1 aliphatic carbocycles. The number of nitrogens with zero attached hydrogens (tertiary/aromatic N) is 2. The zero-order valence-electron chi connectivity index (χ0n) is 13.5. The van der Waals surface area contributed by atoms with Crippen molar-refractivity contribution < 1.29 is 0 Å². The molecule has 0 amide bonds. The summed E-state index contributed by atoms with van der Waals surface area (Å²) >= 11 is 0. The highest BCUT2D eigenvalue weighted by molar-refractivity contribution is 5.92. The lowest BCUT2D eigenvalue weighted by atomic mass is 9.92. The van der Waals surface area contributed by atoms with E-state index in [1.165, 1.54) is 0 Å². The fourth-order valence-electron chi connectivity index (χ4n) is 3.60. The van der Waals surface area contributed by atoms with Crippen LogP contribution in [0.5, 0.6) is 0 Å². The van der Waals surface area contributed by atoms with Gasteiger partial charge in [-0.15, -0.1) is 6.42 Å². The van der Waals surface area contributed by atoms with Gasteiger partial charge in [-0.1, -0.05) is 60.5 Å². The van der Waals surface area contributed by atoms with Crippen LogP contribution in [0.2, 0.25) is 0 Å². The largest absolute Gasteiger partial charge is 0.299 e. The third-order valence-corrected chi connectivity index (χ3v) is 4.64. The molecule has 3 aromatic rings. The predicted octanol–water partition coefficient (Wildman–Crippen LogP) is 3.59. The van der Waals surface area contributed by atoms with E-state index >= 15 is 0 Å². The number of pyridine rings is 1. The van der Waals surface area contributed by atoms with Crippen LogP contribution in [0.15, 0.2) is 59.4 Å². The van der Waals surface area contributed by atoms with Gasteiger partial charge in [0.05, 0.1) is 6.54 Å². The summed E-state index contributed by atoms with van der Waals surface area (Å²) < 4.78 is 1.57. The molecule has 2 aromatic carbocycles. The summed E-state index contributed by atoms with van der Waals surface area (Å²) in [5.41, 5.74) is 5.48. The summed E-state index contributed by atoms with van der Waals surface area (Å²) in [6, 6.07) is 19.8. The van der Waals surface area contributed by atoms with Gasteiger partial charge in [0.25, 0.3) is 5.56 Å². The number of rotatable bonds is 2. The van der Waals surface area contributed by atoms with E-state index in [2.05, 4.69) is 18.1 Å². The second kappa shape index (κ2) is 5.82. The van der Waals surface area contributed by atoms with Crippen LogP contribution < -0.4 is 5.56 Å². The van der Waals surface area contributed by atoms with E-state index in [1.54, 1.807) is 4.57 Å². The van der Waals surface area contributed by atoms with Crippen molar-refractivity contribution in [3.63, 3.8) is 0 Å². The van der Waals surface area contributed by atoms with Crippen LogP contribution in [0.4, 0.5) is 0 Å². The first-order chi connectivity index (χ1) is 12.3. The second-order valence-electron chi connectivity index (χ2n) is 5.98. The van der Waals surface area contributed by atoms with Gasteiger partial charge in [-0.25, -0.2) is 0 Å². The molecule has 0 saturated carbocycles. The van der Waals surface area contributed by atoms with Crippen LogP contribution in [-0.2, 0) is 13.0 Å². The molecule has 1 heterocycles. The topological polar surface area (TPSA) is 45.8 Å². The fourth-order valence-corrected chi connectivity index (χ4v) is 3.60. The quantitative estimate of drug-likeness (QED) is 0.529. The normalized spacial score (nSPS) is 11.3. The molecule has 3 nitrogen and oxygen atoms in total. The summed E-state index contributed by atoms with van der Waals surface area (Å²) in [5.74, 6) is 2.55. The second-order valence-corrected chi connectivity index (χ2v) is 5.98. The Kier molecular flexibility index (Phi) is 3.49. The minimum absolute atomic E-state index is 0.150. The summed E-state index contributed by atoms with van der Waals surface area (Å²) in [4.78, 5) is 12.9. The fraction of sp³-hybridized carbons (Fsp3) is 0.0909. The smallest absolute Gasteiger partial charge is 0.270 e. The standard InChI is InChI=1S/C22H14N2O/c1-2-12-24-19-13-16-10-6-7-11-17(16)21(19)20(18(14-23)22(24)25)15-8-4-3-5-9-15/h1,3-11H,12-13H2. The Morgan fingerprint density at radius 1 is 1.04 bits per heavy atom. The Morgan fingerprint density at radius 3 is 2.48 bits per heavy atom. The van der Waals surface area contributed by atoms with Crippen LogP contribution in [-0.4, -0.2) is 4.57 Å². The van der Waals surface area contributed by atoms with Gasteiger partial charge >= 0.3 is 0 Å². The maximum absolute atomic E-state index is 12.9. The van der Waals surface area contributed by atoms with Crippen molar-refractivity contribution in [1.82, 2.24) is 4.57 Å².